The van der Waals surface area contributed by atoms with Gasteiger partial charge in [0.2, 0.25) is 0 Å². The quantitative estimate of drug-likeness (QED) is 0.590. The lowest BCUT2D eigenvalue weighted by molar-refractivity contribution is -0.0888. The Hall–Kier alpha value is -0.0800. The third-order valence-electron chi connectivity index (χ3n) is 1.61. The maximum absolute atomic E-state index is 8.85. The third-order valence-corrected chi connectivity index (χ3v) is 1.61. The Morgan fingerprint density at radius 1 is 1.44 bits per heavy atom. The highest BCUT2D eigenvalue weighted by atomic mass is 16.5. The van der Waals surface area contributed by atoms with Crippen molar-refractivity contribution < 1.29 is 5.21 Å². The highest BCUT2D eigenvalue weighted by molar-refractivity contribution is 4.66. The standard InChI is InChI=1S/C7H17NO/c1-5-7(2,3)6-8(4)9/h9H,5-6H2,1-4H3. The average molecular weight is 131 g/mol. The maximum atomic E-state index is 8.85. The molecule has 0 saturated carbocycles. The minimum Gasteiger partial charge on any atom is -0.314 e. The normalized spacial score (nSPS) is 12.7. The first kappa shape index (κ1) is 8.92. The maximum Gasteiger partial charge on any atom is 0.0286 e. The zero-order chi connectivity index (χ0) is 7.49. The fraction of sp³-hybridized carbons (Fsp3) is 1.00. The Bertz CT molecular complexity index is 79.0. The predicted molar refractivity (Wildman–Crippen MR) is 38.5 cm³/mol. The topological polar surface area (TPSA) is 23.5 Å². The fourth-order valence-corrected chi connectivity index (χ4v) is 0.731. The van der Waals surface area contributed by atoms with Crippen molar-refractivity contribution in [3.63, 3.8) is 0 Å². The molecule has 2 nitrogen and oxygen atoms in total. The van der Waals surface area contributed by atoms with Crippen molar-refractivity contribution in [2.45, 2.75) is 27.2 Å². The summed E-state index contributed by atoms with van der Waals surface area (Å²) in [6, 6.07) is 0. The van der Waals surface area contributed by atoms with Crippen LogP contribution in [0.5, 0.6) is 0 Å². The van der Waals surface area contributed by atoms with Crippen LogP contribution >= 0.6 is 0 Å². The largest absolute Gasteiger partial charge is 0.314 e. The summed E-state index contributed by atoms with van der Waals surface area (Å²) < 4.78 is 0. The van der Waals surface area contributed by atoms with E-state index in [0.29, 0.717) is 0 Å². The van der Waals surface area contributed by atoms with Gasteiger partial charge in [-0.15, -0.1) is 0 Å². The Morgan fingerprint density at radius 3 is 2.00 bits per heavy atom. The second kappa shape index (κ2) is 3.18. The molecule has 2 heteroatoms. The second-order valence-electron chi connectivity index (χ2n) is 3.33. The van der Waals surface area contributed by atoms with E-state index in [1.165, 1.54) is 5.06 Å². The van der Waals surface area contributed by atoms with Gasteiger partial charge in [0.25, 0.3) is 0 Å². The Balaban J connectivity index is 3.58. The van der Waals surface area contributed by atoms with Gasteiger partial charge in [0, 0.05) is 13.6 Å². The van der Waals surface area contributed by atoms with Gasteiger partial charge in [0.15, 0.2) is 0 Å². The van der Waals surface area contributed by atoms with Crippen LogP contribution in [0, 0.1) is 5.41 Å². The molecule has 0 rings (SSSR count). The predicted octanol–water partition coefficient (Wildman–Crippen LogP) is 1.74. The molecule has 9 heavy (non-hydrogen) atoms. The van der Waals surface area contributed by atoms with Gasteiger partial charge < -0.3 is 5.21 Å². The number of hydrogen-bond donors (Lipinski definition) is 1. The van der Waals surface area contributed by atoms with E-state index in [2.05, 4.69) is 20.8 Å². The van der Waals surface area contributed by atoms with Crippen LogP contribution in [-0.4, -0.2) is 23.9 Å². The van der Waals surface area contributed by atoms with Crippen LogP contribution in [0.1, 0.15) is 27.2 Å². The summed E-state index contributed by atoms with van der Waals surface area (Å²) >= 11 is 0. The van der Waals surface area contributed by atoms with Gasteiger partial charge in [-0.05, 0) is 11.8 Å². The van der Waals surface area contributed by atoms with E-state index in [1.54, 1.807) is 7.05 Å². The summed E-state index contributed by atoms with van der Waals surface area (Å²) in [5.41, 5.74) is 0.240. The SMILES string of the molecule is CCC(C)(C)CN(C)O. The lowest BCUT2D eigenvalue weighted by Crippen LogP contribution is -2.28. The minimum atomic E-state index is 0.240. The van der Waals surface area contributed by atoms with Crippen molar-refractivity contribution in [1.82, 2.24) is 5.06 Å². The average Bonchev–Trinajstić information content (AvgIpc) is 1.63. The van der Waals surface area contributed by atoms with Gasteiger partial charge in [-0.1, -0.05) is 20.8 Å². The second-order valence-corrected chi connectivity index (χ2v) is 3.33. The molecule has 0 aliphatic carbocycles. The summed E-state index contributed by atoms with van der Waals surface area (Å²) in [4.78, 5) is 0. The zero-order valence-electron chi connectivity index (χ0n) is 6.81. The smallest absolute Gasteiger partial charge is 0.0286 e. The fourth-order valence-electron chi connectivity index (χ4n) is 0.731. The van der Waals surface area contributed by atoms with Gasteiger partial charge in [-0.2, -0.15) is 5.06 Å². The summed E-state index contributed by atoms with van der Waals surface area (Å²) in [6.45, 7) is 7.15. The van der Waals surface area contributed by atoms with Gasteiger partial charge in [0.1, 0.15) is 0 Å². The summed E-state index contributed by atoms with van der Waals surface area (Å²) in [5.74, 6) is 0. The van der Waals surface area contributed by atoms with Crippen LogP contribution in [-0.2, 0) is 0 Å². The van der Waals surface area contributed by atoms with Crippen molar-refractivity contribution in [1.29, 1.82) is 0 Å². The molecule has 0 fully saturated rings. The Labute approximate surface area is 57.4 Å². The molecule has 0 aromatic rings. The molecule has 0 aromatic carbocycles. The van der Waals surface area contributed by atoms with E-state index in [-0.39, 0.29) is 5.41 Å². The zero-order valence-corrected chi connectivity index (χ0v) is 6.81. The van der Waals surface area contributed by atoms with Crippen molar-refractivity contribution in [3.05, 3.63) is 0 Å². The minimum absolute atomic E-state index is 0.240. The highest BCUT2D eigenvalue weighted by Gasteiger charge is 2.15. The number of rotatable bonds is 3. The lowest BCUT2D eigenvalue weighted by atomic mass is 9.90. The van der Waals surface area contributed by atoms with Gasteiger partial charge in [-0.3, -0.25) is 0 Å². The van der Waals surface area contributed by atoms with Gasteiger partial charge in [0.05, 0.1) is 0 Å². The van der Waals surface area contributed by atoms with Crippen molar-refractivity contribution >= 4 is 0 Å². The molecule has 0 unspecified atom stereocenters. The molecule has 1 N–H and O–H groups in total. The monoisotopic (exact) mass is 131 g/mol. The van der Waals surface area contributed by atoms with E-state index in [9.17, 15) is 0 Å². The van der Waals surface area contributed by atoms with Crippen LogP contribution in [0.15, 0.2) is 0 Å². The van der Waals surface area contributed by atoms with E-state index in [0.717, 1.165) is 13.0 Å². The number of hydroxylamine groups is 2. The number of hydrogen-bond acceptors (Lipinski definition) is 2. The first-order chi connectivity index (χ1) is 3.98. The van der Waals surface area contributed by atoms with E-state index in [1.807, 2.05) is 0 Å². The Morgan fingerprint density at radius 2 is 1.89 bits per heavy atom. The molecule has 56 valence electrons. The highest BCUT2D eigenvalue weighted by Crippen LogP contribution is 2.19. The molecular formula is C7H17NO. The Kier molecular flexibility index (Phi) is 3.15. The molecule has 0 spiro atoms. The van der Waals surface area contributed by atoms with Crippen LogP contribution in [0.3, 0.4) is 0 Å². The van der Waals surface area contributed by atoms with Gasteiger partial charge in [-0.25, -0.2) is 0 Å². The van der Waals surface area contributed by atoms with Crippen molar-refractivity contribution in [2.75, 3.05) is 13.6 Å². The van der Waals surface area contributed by atoms with Crippen molar-refractivity contribution in [2.24, 2.45) is 5.41 Å². The number of nitrogens with zero attached hydrogens (tertiary/aromatic N) is 1. The molecule has 0 atom stereocenters. The first-order valence-corrected chi connectivity index (χ1v) is 3.38. The van der Waals surface area contributed by atoms with Crippen LogP contribution < -0.4 is 0 Å². The van der Waals surface area contributed by atoms with E-state index in [4.69, 9.17) is 5.21 Å². The van der Waals surface area contributed by atoms with Crippen molar-refractivity contribution in [3.8, 4) is 0 Å². The molecule has 0 aromatic heterocycles. The summed E-state index contributed by atoms with van der Waals surface area (Å²) in [6.07, 6.45) is 1.10. The molecule has 0 heterocycles. The molecule has 0 aliphatic rings. The van der Waals surface area contributed by atoms with E-state index >= 15 is 0 Å². The molecule has 0 aliphatic heterocycles. The van der Waals surface area contributed by atoms with Crippen LogP contribution in [0.2, 0.25) is 0 Å². The summed E-state index contributed by atoms with van der Waals surface area (Å²) in [7, 11) is 1.68. The van der Waals surface area contributed by atoms with Crippen LogP contribution in [0.25, 0.3) is 0 Å². The lowest BCUT2D eigenvalue weighted by Gasteiger charge is -2.24. The molecule has 0 amide bonds. The first-order valence-electron chi connectivity index (χ1n) is 3.38. The molecule has 0 saturated heterocycles. The van der Waals surface area contributed by atoms with E-state index < -0.39 is 0 Å². The third kappa shape index (κ3) is 4.43. The molecule has 0 bridgehead atoms. The van der Waals surface area contributed by atoms with Crippen LogP contribution in [0.4, 0.5) is 0 Å². The van der Waals surface area contributed by atoms with Gasteiger partial charge >= 0.3 is 0 Å². The molecule has 0 radical (unpaired) electrons. The summed E-state index contributed by atoms with van der Waals surface area (Å²) in [5, 5.41) is 10.1. The molecular weight excluding hydrogens is 114 g/mol.